The molecule has 0 unspecified atom stereocenters. The summed E-state index contributed by atoms with van der Waals surface area (Å²) in [4.78, 5) is 4.69. The Bertz CT molecular complexity index is 694. The Kier molecular flexibility index (Phi) is 4.55. The molecule has 1 heterocycles. The first-order valence-corrected chi connectivity index (χ1v) is 8.85. The number of rotatable bonds is 4. The third kappa shape index (κ3) is 3.51. The minimum absolute atomic E-state index is 0.946. The summed E-state index contributed by atoms with van der Waals surface area (Å²) >= 11 is 6.99. The van der Waals surface area contributed by atoms with Crippen LogP contribution in [-0.4, -0.2) is 4.98 Å². The fraction of sp³-hybridized carbons (Fsp3) is 0.0625. The van der Waals surface area contributed by atoms with Crippen molar-refractivity contribution in [2.45, 2.75) is 10.1 Å². The summed E-state index contributed by atoms with van der Waals surface area (Å²) in [5.41, 5.74) is 3.55. The molecule has 0 saturated heterocycles. The first-order chi connectivity index (χ1) is 9.81. The second-order valence-electron chi connectivity index (χ2n) is 4.28. The molecule has 0 amide bonds. The van der Waals surface area contributed by atoms with Gasteiger partial charge in [-0.25, -0.2) is 4.98 Å². The molecule has 0 bridgehead atoms. The number of aromatic nitrogens is 1. The van der Waals surface area contributed by atoms with Crippen LogP contribution in [0.3, 0.4) is 0 Å². The van der Waals surface area contributed by atoms with E-state index in [1.165, 1.54) is 11.1 Å². The van der Waals surface area contributed by atoms with Gasteiger partial charge in [0.15, 0.2) is 4.34 Å². The Labute approximate surface area is 135 Å². The lowest BCUT2D eigenvalue weighted by Crippen LogP contribution is -1.80. The summed E-state index contributed by atoms with van der Waals surface area (Å²) in [7, 11) is 0. The normalized spacial score (nSPS) is 10.7. The van der Waals surface area contributed by atoms with Gasteiger partial charge in [0.2, 0.25) is 0 Å². The minimum Gasteiger partial charge on any atom is -0.230 e. The molecule has 0 aliphatic rings. The van der Waals surface area contributed by atoms with Crippen molar-refractivity contribution in [2.75, 3.05) is 0 Å². The van der Waals surface area contributed by atoms with Crippen LogP contribution in [0.4, 0.5) is 0 Å². The van der Waals surface area contributed by atoms with E-state index in [1.54, 1.807) is 23.1 Å². The highest BCUT2D eigenvalue weighted by molar-refractivity contribution is 9.10. The Balaban J connectivity index is 1.69. The van der Waals surface area contributed by atoms with Crippen molar-refractivity contribution in [1.29, 1.82) is 0 Å². The van der Waals surface area contributed by atoms with Gasteiger partial charge in [0.25, 0.3) is 0 Å². The molecule has 0 atom stereocenters. The first kappa shape index (κ1) is 13.9. The number of nitrogens with zero attached hydrogens (tertiary/aromatic N) is 1. The zero-order valence-electron chi connectivity index (χ0n) is 10.6. The van der Waals surface area contributed by atoms with E-state index in [1.807, 2.05) is 24.3 Å². The van der Waals surface area contributed by atoms with Gasteiger partial charge in [-0.15, -0.1) is 11.3 Å². The molecule has 100 valence electrons. The Morgan fingerprint density at radius 1 is 1.05 bits per heavy atom. The van der Waals surface area contributed by atoms with Crippen molar-refractivity contribution in [3.63, 3.8) is 0 Å². The van der Waals surface area contributed by atoms with E-state index in [0.717, 1.165) is 20.3 Å². The van der Waals surface area contributed by atoms with Crippen molar-refractivity contribution >= 4 is 39.0 Å². The maximum atomic E-state index is 4.69. The maximum absolute atomic E-state index is 4.69. The number of thioether (sulfide) groups is 1. The van der Waals surface area contributed by atoms with Crippen LogP contribution in [0.2, 0.25) is 0 Å². The fourth-order valence-corrected chi connectivity index (χ4v) is 4.06. The number of hydrogen-bond donors (Lipinski definition) is 0. The van der Waals surface area contributed by atoms with Crippen LogP contribution in [0, 0.1) is 0 Å². The molecule has 0 N–H and O–H groups in total. The van der Waals surface area contributed by atoms with Gasteiger partial charge in [-0.2, -0.15) is 0 Å². The predicted octanol–water partition coefficient (Wildman–Crippen LogP) is 5.86. The van der Waals surface area contributed by atoms with Gasteiger partial charge < -0.3 is 0 Å². The van der Waals surface area contributed by atoms with Crippen LogP contribution in [0.5, 0.6) is 0 Å². The first-order valence-electron chi connectivity index (χ1n) is 6.19. The Morgan fingerprint density at radius 3 is 2.70 bits per heavy atom. The monoisotopic (exact) mass is 361 g/mol. The number of benzene rings is 2. The smallest absolute Gasteiger partial charge is 0.150 e. The van der Waals surface area contributed by atoms with E-state index >= 15 is 0 Å². The second-order valence-corrected chi connectivity index (χ2v) is 7.28. The molecule has 2 aromatic carbocycles. The molecule has 0 saturated carbocycles. The van der Waals surface area contributed by atoms with Crippen LogP contribution < -0.4 is 0 Å². The zero-order chi connectivity index (χ0) is 13.8. The molecule has 0 radical (unpaired) electrons. The van der Waals surface area contributed by atoms with Gasteiger partial charge in [-0.05, 0) is 17.7 Å². The highest BCUT2D eigenvalue weighted by atomic mass is 79.9. The Hall–Kier alpha value is -1.10. The molecule has 0 spiro atoms. The summed E-state index contributed by atoms with van der Waals surface area (Å²) in [6.45, 7) is 0. The topological polar surface area (TPSA) is 12.9 Å². The second kappa shape index (κ2) is 6.57. The summed E-state index contributed by atoms with van der Waals surface area (Å²) in [5.74, 6) is 0.946. The average molecular weight is 362 g/mol. The molecule has 0 aliphatic heterocycles. The van der Waals surface area contributed by atoms with Crippen LogP contribution >= 0.6 is 39.0 Å². The molecular formula is C16H12BrNS2. The molecule has 3 rings (SSSR count). The summed E-state index contributed by atoms with van der Waals surface area (Å²) in [6, 6.07) is 18.7. The van der Waals surface area contributed by atoms with Gasteiger partial charge in [0.1, 0.15) is 0 Å². The third-order valence-electron chi connectivity index (χ3n) is 2.80. The van der Waals surface area contributed by atoms with Gasteiger partial charge in [0, 0.05) is 21.2 Å². The van der Waals surface area contributed by atoms with E-state index in [4.69, 9.17) is 0 Å². The number of thiazole rings is 1. The zero-order valence-corrected chi connectivity index (χ0v) is 13.8. The van der Waals surface area contributed by atoms with Crippen molar-refractivity contribution in [3.8, 4) is 11.3 Å². The van der Waals surface area contributed by atoms with Crippen molar-refractivity contribution < 1.29 is 0 Å². The molecule has 0 aliphatic carbocycles. The summed E-state index contributed by atoms with van der Waals surface area (Å²) < 4.78 is 2.24. The van der Waals surface area contributed by atoms with Gasteiger partial charge in [-0.1, -0.05) is 70.2 Å². The van der Waals surface area contributed by atoms with Crippen LogP contribution in [-0.2, 0) is 5.75 Å². The van der Waals surface area contributed by atoms with E-state index in [2.05, 4.69) is 56.6 Å². The molecular weight excluding hydrogens is 350 g/mol. The lowest BCUT2D eigenvalue weighted by molar-refractivity contribution is 1.24. The minimum atomic E-state index is 0.946. The van der Waals surface area contributed by atoms with Crippen LogP contribution in [0.15, 0.2) is 68.8 Å². The number of hydrogen-bond acceptors (Lipinski definition) is 3. The van der Waals surface area contributed by atoms with Gasteiger partial charge in [0.05, 0.1) is 5.69 Å². The molecule has 1 nitrogen and oxygen atoms in total. The average Bonchev–Trinajstić information content (AvgIpc) is 2.95. The van der Waals surface area contributed by atoms with Crippen molar-refractivity contribution in [3.05, 3.63) is 70.0 Å². The SMILES string of the molecule is Brc1cccc(CSc2nc(-c3ccccc3)cs2)c1. The summed E-state index contributed by atoms with van der Waals surface area (Å²) in [6.07, 6.45) is 0. The van der Waals surface area contributed by atoms with E-state index in [0.29, 0.717) is 0 Å². The molecule has 20 heavy (non-hydrogen) atoms. The summed E-state index contributed by atoms with van der Waals surface area (Å²) in [5, 5.41) is 2.12. The molecule has 0 fully saturated rings. The quantitative estimate of drug-likeness (QED) is 0.539. The fourth-order valence-electron chi connectivity index (χ4n) is 1.84. The standard InChI is InChI=1S/C16H12BrNS2/c17-14-8-4-5-12(9-14)10-19-16-18-15(11-20-16)13-6-2-1-3-7-13/h1-9,11H,10H2. The third-order valence-corrected chi connectivity index (χ3v) is 5.39. The van der Waals surface area contributed by atoms with E-state index < -0.39 is 0 Å². The lowest BCUT2D eigenvalue weighted by atomic mass is 10.2. The largest absolute Gasteiger partial charge is 0.230 e. The molecule has 4 heteroatoms. The Morgan fingerprint density at radius 2 is 1.90 bits per heavy atom. The molecule has 1 aromatic heterocycles. The highest BCUT2D eigenvalue weighted by Gasteiger charge is 2.05. The van der Waals surface area contributed by atoms with E-state index in [-0.39, 0.29) is 0 Å². The molecule has 3 aromatic rings. The maximum Gasteiger partial charge on any atom is 0.150 e. The van der Waals surface area contributed by atoms with Crippen molar-refractivity contribution in [1.82, 2.24) is 4.98 Å². The number of halogens is 1. The van der Waals surface area contributed by atoms with Crippen LogP contribution in [0.25, 0.3) is 11.3 Å². The van der Waals surface area contributed by atoms with Crippen molar-refractivity contribution in [2.24, 2.45) is 0 Å². The van der Waals surface area contributed by atoms with Crippen LogP contribution in [0.1, 0.15) is 5.56 Å². The van der Waals surface area contributed by atoms with Gasteiger partial charge >= 0.3 is 0 Å². The van der Waals surface area contributed by atoms with Gasteiger partial charge in [-0.3, -0.25) is 0 Å². The predicted molar refractivity (Wildman–Crippen MR) is 91.3 cm³/mol. The highest BCUT2D eigenvalue weighted by Crippen LogP contribution is 2.30. The lowest BCUT2D eigenvalue weighted by Gasteiger charge is -1.99. The van der Waals surface area contributed by atoms with E-state index in [9.17, 15) is 0 Å².